The van der Waals surface area contributed by atoms with Crippen molar-refractivity contribution in [1.29, 1.82) is 0 Å². The summed E-state index contributed by atoms with van der Waals surface area (Å²) in [5.41, 5.74) is 5.72. The number of hydrogen-bond donors (Lipinski definition) is 2. The molecule has 6 rings (SSSR count). The quantitative estimate of drug-likeness (QED) is 0.331. The number of imidazole rings is 1. The zero-order valence-corrected chi connectivity index (χ0v) is 20.2. The molecule has 0 saturated heterocycles. The van der Waals surface area contributed by atoms with Crippen molar-refractivity contribution in [3.63, 3.8) is 0 Å². The Labute approximate surface area is 211 Å². The van der Waals surface area contributed by atoms with Gasteiger partial charge in [-0.05, 0) is 56.1 Å². The first-order chi connectivity index (χ1) is 18.0. The van der Waals surface area contributed by atoms with Crippen LogP contribution in [0.4, 0.5) is 4.39 Å². The van der Waals surface area contributed by atoms with E-state index in [0.717, 1.165) is 28.6 Å². The summed E-state index contributed by atoms with van der Waals surface area (Å²) < 4.78 is 20.3. The molecule has 0 fully saturated rings. The van der Waals surface area contributed by atoms with Crippen LogP contribution in [0.25, 0.3) is 56.0 Å². The van der Waals surface area contributed by atoms with E-state index in [1.165, 1.54) is 12.1 Å². The summed E-state index contributed by atoms with van der Waals surface area (Å²) in [6, 6.07) is 12.3. The predicted molar refractivity (Wildman–Crippen MR) is 139 cm³/mol. The maximum atomic E-state index is 14.5. The minimum absolute atomic E-state index is 0.403. The van der Waals surface area contributed by atoms with E-state index in [9.17, 15) is 4.39 Å². The number of rotatable bonds is 7. The first-order valence-electron chi connectivity index (χ1n) is 11.7. The van der Waals surface area contributed by atoms with Crippen molar-refractivity contribution < 1.29 is 9.13 Å². The van der Waals surface area contributed by atoms with Crippen molar-refractivity contribution in [1.82, 2.24) is 40.0 Å². The maximum absolute atomic E-state index is 14.5. The van der Waals surface area contributed by atoms with Crippen LogP contribution >= 0.6 is 0 Å². The molecule has 184 valence electrons. The molecule has 1 aromatic carbocycles. The summed E-state index contributed by atoms with van der Waals surface area (Å²) in [4.78, 5) is 23.3. The maximum Gasteiger partial charge on any atom is 0.159 e. The number of likely N-dealkylation sites (N-methyl/N-ethyl adjacent to an activating group) is 1. The van der Waals surface area contributed by atoms with E-state index in [1.807, 2.05) is 43.3 Å². The molecular weight excluding hydrogens is 471 g/mol. The standard InChI is InChI=1S/C27H23FN8O/c1-36(2)9-10-37-20-12-17(11-19(28)14-20)23-25-22(5-8-30-23)32-27(33-25)24-21-13-18(15-31-26(21)35-34-24)16-3-6-29-7-4-16/h3-8,11-15H,9-10H2,1-2H3,(H,32,33)(H,31,34,35). The highest BCUT2D eigenvalue weighted by Gasteiger charge is 2.18. The average molecular weight is 495 g/mol. The van der Waals surface area contributed by atoms with Gasteiger partial charge in [-0.1, -0.05) is 0 Å². The Morgan fingerprint density at radius 1 is 0.919 bits per heavy atom. The van der Waals surface area contributed by atoms with Gasteiger partial charge in [0.1, 0.15) is 29.4 Å². The monoisotopic (exact) mass is 494 g/mol. The van der Waals surface area contributed by atoms with E-state index in [1.54, 1.807) is 30.9 Å². The Kier molecular flexibility index (Phi) is 5.78. The zero-order chi connectivity index (χ0) is 25.4. The van der Waals surface area contributed by atoms with Gasteiger partial charge in [0.25, 0.3) is 0 Å². The molecule has 0 aliphatic rings. The number of H-pyrrole nitrogens is 2. The Bertz CT molecular complexity index is 1710. The largest absolute Gasteiger partial charge is 0.492 e. The lowest BCUT2D eigenvalue weighted by Crippen LogP contribution is -2.19. The third-order valence-corrected chi connectivity index (χ3v) is 6.01. The summed E-state index contributed by atoms with van der Waals surface area (Å²) in [7, 11) is 3.91. The molecule has 0 saturated carbocycles. The van der Waals surface area contributed by atoms with E-state index >= 15 is 0 Å². The topological polar surface area (TPSA) is 108 Å². The number of hydrogen-bond acceptors (Lipinski definition) is 7. The number of nitrogens with zero attached hydrogens (tertiary/aromatic N) is 6. The smallest absolute Gasteiger partial charge is 0.159 e. The van der Waals surface area contributed by atoms with Gasteiger partial charge in [0, 0.05) is 48.5 Å². The third-order valence-electron chi connectivity index (χ3n) is 6.01. The molecule has 0 amide bonds. The molecule has 0 unspecified atom stereocenters. The van der Waals surface area contributed by atoms with Crippen molar-refractivity contribution in [2.75, 3.05) is 27.2 Å². The minimum Gasteiger partial charge on any atom is -0.492 e. The number of halogens is 1. The number of aromatic nitrogens is 7. The zero-order valence-electron chi connectivity index (χ0n) is 20.2. The lowest BCUT2D eigenvalue weighted by molar-refractivity contribution is 0.260. The van der Waals surface area contributed by atoms with Gasteiger partial charge in [-0.3, -0.25) is 15.1 Å². The molecular formula is C27H23FN8O. The fourth-order valence-electron chi connectivity index (χ4n) is 4.17. The lowest BCUT2D eigenvalue weighted by Gasteiger charge is -2.12. The first-order valence-corrected chi connectivity index (χ1v) is 11.7. The Morgan fingerprint density at radius 3 is 2.62 bits per heavy atom. The van der Waals surface area contributed by atoms with Crippen LogP contribution in [-0.4, -0.2) is 67.3 Å². The number of aromatic amines is 2. The first kappa shape index (κ1) is 22.7. The van der Waals surface area contributed by atoms with Crippen LogP contribution in [0.1, 0.15) is 0 Å². The van der Waals surface area contributed by atoms with Gasteiger partial charge in [-0.25, -0.2) is 14.4 Å². The number of nitrogens with one attached hydrogen (secondary N) is 2. The molecule has 0 aliphatic heterocycles. The van der Waals surface area contributed by atoms with Crippen LogP contribution in [0, 0.1) is 5.82 Å². The minimum atomic E-state index is -0.403. The van der Waals surface area contributed by atoms with Crippen LogP contribution < -0.4 is 4.74 Å². The van der Waals surface area contributed by atoms with Gasteiger partial charge in [-0.15, -0.1) is 0 Å². The molecule has 2 N–H and O–H groups in total. The lowest BCUT2D eigenvalue weighted by atomic mass is 10.1. The van der Waals surface area contributed by atoms with Gasteiger partial charge in [0.05, 0.1) is 16.6 Å². The van der Waals surface area contributed by atoms with Crippen molar-refractivity contribution in [3.05, 3.63) is 73.1 Å². The number of pyridine rings is 3. The molecule has 9 nitrogen and oxygen atoms in total. The van der Waals surface area contributed by atoms with Gasteiger partial charge in [-0.2, -0.15) is 5.10 Å². The number of ether oxygens (including phenoxy) is 1. The molecule has 5 heterocycles. The fourth-order valence-corrected chi connectivity index (χ4v) is 4.17. The second-order valence-electron chi connectivity index (χ2n) is 8.90. The molecule has 10 heteroatoms. The molecule has 0 bridgehead atoms. The second kappa shape index (κ2) is 9.40. The van der Waals surface area contributed by atoms with E-state index in [0.29, 0.717) is 46.3 Å². The normalized spacial score (nSPS) is 11.6. The molecule has 0 aliphatic carbocycles. The van der Waals surface area contributed by atoms with Crippen molar-refractivity contribution in [2.45, 2.75) is 0 Å². The molecule has 0 radical (unpaired) electrons. The Balaban J connectivity index is 1.41. The molecule has 37 heavy (non-hydrogen) atoms. The fraction of sp³-hybridized carbons (Fsp3) is 0.148. The summed E-state index contributed by atoms with van der Waals surface area (Å²) in [5.74, 6) is 0.599. The molecule has 6 aromatic rings. The molecule has 0 atom stereocenters. The van der Waals surface area contributed by atoms with Gasteiger partial charge >= 0.3 is 0 Å². The van der Waals surface area contributed by atoms with Crippen molar-refractivity contribution in [3.8, 4) is 39.7 Å². The Morgan fingerprint density at radius 2 is 1.78 bits per heavy atom. The Hall–Kier alpha value is -4.70. The van der Waals surface area contributed by atoms with E-state index in [2.05, 4.69) is 30.1 Å². The van der Waals surface area contributed by atoms with Gasteiger partial charge < -0.3 is 14.6 Å². The second-order valence-corrected chi connectivity index (χ2v) is 8.90. The van der Waals surface area contributed by atoms with Gasteiger partial charge in [0.15, 0.2) is 11.5 Å². The van der Waals surface area contributed by atoms with Crippen LogP contribution in [0.2, 0.25) is 0 Å². The number of fused-ring (bicyclic) bond motifs is 2. The van der Waals surface area contributed by atoms with E-state index < -0.39 is 5.82 Å². The summed E-state index contributed by atoms with van der Waals surface area (Å²) in [5, 5.41) is 8.28. The third kappa shape index (κ3) is 4.50. The average Bonchev–Trinajstić information content (AvgIpc) is 3.52. The van der Waals surface area contributed by atoms with Crippen molar-refractivity contribution >= 4 is 22.1 Å². The molecule has 5 aromatic heterocycles. The van der Waals surface area contributed by atoms with E-state index in [-0.39, 0.29) is 0 Å². The summed E-state index contributed by atoms with van der Waals surface area (Å²) in [6.45, 7) is 1.17. The highest BCUT2D eigenvalue weighted by molar-refractivity contribution is 5.96. The van der Waals surface area contributed by atoms with Crippen LogP contribution in [0.5, 0.6) is 5.75 Å². The number of benzene rings is 1. The van der Waals surface area contributed by atoms with E-state index in [4.69, 9.17) is 9.72 Å². The van der Waals surface area contributed by atoms with Crippen LogP contribution in [-0.2, 0) is 0 Å². The molecule has 0 spiro atoms. The van der Waals surface area contributed by atoms with Crippen molar-refractivity contribution in [2.24, 2.45) is 0 Å². The highest BCUT2D eigenvalue weighted by atomic mass is 19.1. The predicted octanol–water partition coefficient (Wildman–Crippen LogP) is 4.70. The van der Waals surface area contributed by atoms with Crippen LogP contribution in [0.15, 0.2) is 67.3 Å². The highest BCUT2D eigenvalue weighted by Crippen LogP contribution is 2.33. The summed E-state index contributed by atoms with van der Waals surface area (Å²) >= 11 is 0. The SMILES string of the molecule is CN(C)CCOc1cc(F)cc(-c2nccc3[nH]c(-c4n[nH]c5ncc(-c6ccncc6)cc45)nc23)c1. The van der Waals surface area contributed by atoms with Crippen LogP contribution in [0.3, 0.4) is 0 Å². The van der Waals surface area contributed by atoms with Gasteiger partial charge in [0.2, 0.25) is 0 Å². The summed E-state index contributed by atoms with van der Waals surface area (Å²) in [6.07, 6.45) is 6.95.